The van der Waals surface area contributed by atoms with Crippen molar-refractivity contribution < 1.29 is 14.4 Å². The first-order valence-electron chi connectivity index (χ1n) is 7.67. The number of carbonyl (C=O) groups is 3. The zero-order chi connectivity index (χ0) is 16.4. The molecule has 2 aliphatic rings. The minimum Gasteiger partial charge on any atom is -0.345 e. The smallest absolute Gasteiger partial charge is 0.322 e. The van der Waals surface area contributed by atoms with Gasteiger partial charge < -0.3 is 10.6 Å². The van der Waals surface area contributed by atoms with E-state index in [0.717, 1.165) is 24.8 Å². The van der Waals surface area contributed by atoms with Gasteiger partial charge in [-0.2, -0.15) is 0 Å². The summed E-state index contributed by atoms with van der Waals surface area (Å²) in [5.74, 6) is -0.627. The third kappa shape index (κ3) is 3.32. The van der Waals surface area contributed by atoms with E-state index in [4.69, 9.17) is 11.6 Å². The van der Waals surface area contributed by atoms with Crippen LogP contribution in [0.15, 0.2) is 24.3 Å². The topological polar surface area (TPSA) is 87.3 Å². The van der Waals surface area contributed by atoms with Crippen LogP contribution in [0.25, 0.3) is 0 Å². The Hall–Kier alpha value is -2.08. The lowest BCUT2D eigenvalue weighted by Gasteiger charge is -2.43. The number of imide groups is 1. The molecule has 1 saturated heterocycles. The summed E-state index contributed by atoms with van der Waals surface area (Å²) in [6.45, 7) is 0. The van der Waals surface area contributed by atoms with Crippen molar-refractivity contribution in [1.29, 1.82) is 0 Å². The van der Waals surface area contributed by atoms with Gasteiger partial charge in [0.15, 0.2) is 0 Å². The SMILES string of the molecule is O=C1CC[C@H](C(=O)NC2(c3ccc(Cl)cc3)CCC2)NC(=O)N1. The van der Waals surface area contributed by atoms with Crippen LogP contribution < -0.4 is 16.0 Å². The largest absolute Gasteiger partial charge is 0.345 e. The lowest BCUT2D eigenvalue weighted by atomic mass is 9.71. The molecule has 0 radical (unpaired) electrons. The van der Waals surface area contributed by atoms with E-state index in [2.05, 4.69) is 16.0 Å². The van der Waals surface area contributed by atoms with Crippen molar-refractivity contribution in [2.75, 3.05) is 0 Å². The number of urea groups is 1. The molecule has 23 heavy (non-hydrogen) atoms. The van der Waals surface area contributed by atoms with Crippen molar-refractivity contribution in [3.8, 4) is 0 Å². The fourth-order valence-electron chi connectivity index (χ4n) is 3.04. The van der Waals surface area contributed by atoms with Gasteiger partial charge in [0.2, 0.25) is 11.8 Å². The van der Waals surface area contributed by atoms with Gasteiger partial charge in [0.05, 0.1) is 5.54 Å². The third-order valence-corrected chi connectivity index (χ3v) is 4.75. The number of nitrogens with one attached hydrogen (secondary N) is 3. The monoisotopic (exact) mass is 335 g/mol. The van der Waals surface area contributed by atoms with Crippen molar-refractivity contribution in [1.82, 2.24) is 16.0 Å². The highest BCUT2D eigenvalue weighted by atomic mass is 35.5. The summed E-state index contributed by atoms with van der Waals surface area (Å²) >= 11 is 5.92. The number of halogens is 1. The molecule has 0 spiro atoms. The van der Waals surface area contributed by atoms with Crippen LogP contribution in [-0.4, -0.2) is 23.9 Å². The predicted octanol–water partition coefficient (Wildman–Crippen LogP) is 1.82. The molecule has 7 heteroatoms. The molecule has 1 heterocycles. The maximum Gasteiger partial charge on any atom is 0.322 e. The Morgan fingerprint density at radius 2 is 1.91 bits per heavy atom. The van der Waals surface area contributed by atoms with Crippen molar-refractivity contribution in [2.45, 2.75) is 43.7 Å². The van der Waals surface area contributed by atoms with Crippen LogP contribution in [0, 0.1) is 0 Å². The molecular formula is C16H18ClN3O3. The van der Waals surface area contributed by atoms with Gasteiger partial charge in [-0.15, -0.1) is 0 Å². The molecular weight excluding hydrogens is 318 g/mol. The normalized spacial score (nSPS) is 23.1. The molecule has 4 amide bonds. The molecule has 1 aliphatic heterocycles. The van der Waals surface area contributed by atoms with E-state index in [9.17, 15) is 14.4 Å². The van der Waals surface area contributed by atoms with Crippen LogP contribution in [0.5, 0.6) is 0 Å². The molecule has 1 aliphatic carbocycles. The fourth-order valence-corrected chi connectivity index (χ4v) is 3.16. The van der Waals surface area contributed by atoms with Crippen molar-refractivity contribution >= 4 is 29.4 Å². The van der Waals surface area contributed by atoms with E-state index < -0.39 is 17.6 Å². The molecule has 3 N–H and O–H groups in total. The summed E-state index contributed by atoms with van der Waals surface area (Å²) in [6, 6.07) is 6.11. The highest BCUT2D eigenvalue weighted by molar-refractivity contribution is 6.30. The van der Waals surface area contributed by atoms with Crippen molar-refractivity contribution in [3.05, 3.63) is 34.9 Å². The summed E-state index contributed by atoms with van der Waals surface area (Å²) in [7, 11) is 0. The fraction of sp³-hybridized carbons (Fsp3) is 0.438. The van der Waals surface area contributed by atoms with E-state index in [1.54, 1.807) is 12.1 Å². The standard InChI is InChI=1S/C16H18ClN3O3/c17-11-4-2-10(3-5-11)16(8-1-9-16)20-14(22)12-6-7-13(21)19-15(23)18-12/h2-5,12H,1,6-9H2,(H,20,22)(H2,18,19,21,23)/t12-/m1/s1. The number of rotatable bonds is 3. The van der Waals surface area contributed by atoms with E-state index in [1.807, 2.05) is 12.1 Å². The van der Waals surface area contributed by atoms with Crippen LogP contribution in [0.3, 0.4) is 0 Å². The van der Waals surface area contributed by atoms with Gasteiger partial charge in [0.1, 0.15) is 6.04 Å². The molecule has 6 nitrogen and oxygen atoms in total. The van der Waals surface area contributed by atoms with E-state index in [1.165, 1.54) is 0 Å². The summed E-state index contributed by atoms with van der Waals surface area (Å²) < 4.78 is 0. The van der Waals surface area contributed by atoms with Gasteiger partial charge >= 0.3 is 6.03 Å². The minimum atomic E-state index is -0.703. The molecule has 0 unspecified atom stereocenters. The maximum atomic E-state index is 12.6. The molecule has 1 saturated carbocycles. The van der Waals surface area contributed by atoms with Gasteiger partial charge in [-0.05, 0) is 43.4 Å². The first-order valence-corrected chi connectivity index (χ1v) is 8.05. The zero-order valence-electron chi connectivity index (χ0n) is 12.5. The summed E-state index contributed by atoms with van der Waals surface area (Å²) in [5.41, 5.74) is 0.603. The molecule has 122 valence electrons. The molecule has 3 rings (SSSR count). The number of benzene rings is 1. The van der Waals surface area contributed by atoms with E-state index in [-0.39, 0.29) is 18.2 Å². The lowest BCUT2D eigenvalue weighted by molar-refractivity contribution is -0.126. The van der Waals surface area contributed by atoms with Crippen LogP contribution in [0.2, 0.25) is 5.02 Å². The first kappa shape index (κ1) is 15.8. The molecule has 2 fully saturated rings. The third-order valence-electron chi connectivity index (χ3n) is 4.50. The number of hydrogen-bond donors (Lipinski definition) is 3. The second kappa shape index (κ2) is 6.20. The predicted molar refractivity (Wildman–Crippen MR) is 84.8 cm³/mol. The summed E-state index contributed by atoms with van der Waals surface area (Å²) in [5, 5.41) is 8.42. The average Bonchev–Trinajstić information content (AvgIpc) is 2.64. The first-order chi connectivity index (χ1) is 11.0. The lowest BCUT2D eigenvalue weighted by Crippen LogP contribution is -2.57. The van der Waals surface area contributed by atoms with Crippen molar-refractivity contribution in [2.24, 2.45) is 0 Å². The Morgan fingerprint density at radius 1 is 1.22 bits per heavy atom. The Bertz CT molecular complexity index is 640. The Morgan fingerprint density at radius 3 is 2.52 bits per heavy atom. The minimum absolute atomic E-state index is 0.144. The zero-order valence-corrected chi connectivity index (χ0v) is 13.3. The van der Waals surface area contributed by atoms with Crippen molar-refractivity contribution in [3.63, 3.8) is 0 Å². The van der Waals surface area contributed by atoms with Gasteiger partial charge in [-0.3, -0.25) is 14.9 Å². The van der Waals surface area contributed by atoms with Crippen LogP contribution in [0.4, 0.5) is 4.79 Å². The Kier molecular flexibility index (Phi) is 4.26. The number of amides is 4. The second-order valence-corrected chi connectivity index (χ2v) is 6.48. The van der Waals surface area contributed by atoms with E-state index in [0.29, 0.717) is 11.4 Å². The maximum absolute atomic E-state index is 12.6. The average molecular weight is 336 g/mol. The molecule has 0 aromatic heterocycles. The Balaban J connectivity index is 1.73. The van der Waals surface area contributed by atoms with Crippen LogP contribution in [0.1, 0.15) is 37.7 Å². The van der Waals surface area contributed by atoms with Crippen LogP contribution >= 0.6 is 11.6 Å². The molecule has 0 bridgehead atoms. The second-order valence-electron chi connectivity index (χ2n) is 6.04. The molecule has 1 aromatic rings. The highest BCUT2D eigenvalue weighted by Crippen LogP contribution is 2.41. The molecule has 1 aromatic carbocycles. The van der Waals surface area contributed by atoms with Crippen LogP contribution in [-0.2, 0) is 15.1 Å². The van der Waals surface area contributed by atoms with Gasteiger partial charge in [0.25, 0.3) is 0 Å². The van der Waals surface area contributed by atoms with Gasteiger partial charge in [-0.1, -0.05) is 23.7 Å². The number of hydrogen-bond acceptors (Lipinski definition) is 3. The van der Waals surface area contributed by atoms with Gasteiger partial charge in [0, 0.05) is 11.4 Å². The summed E-state index contributed by atoms with van der Waals surface area (Å²) in [4.78, 5) is 35.4. The quantitative estimate of drug-likeness (QED) is 0.787. The molecule has 1 atom stereocenters. The van der Waals surface area contributed by atoms with E-state index >= 15 is 0 Å². The highest BCUT2D eigenvalue weighted by Gasteiger charge is 2.41. The number of carbonyl (C=O) groups excluding carboxylic acids is 3. The van der Waals surface area contributed by atoms with Gasteiger partial charge in [-0.25, -0.2) is 4.79 Å². The summed E-state index contributed by atoms with van der Waals surface area (Å²) in [6.07, 6.45) is 3.15. The Labute approximate surface area is 139 Å².